The first-order valence-electron chi connectivity index (χ1n) is 6.34. The van der Waals surface area contributed by atoms with Crippen LogP contribution >= 0.6 is 15.9 Å². The molecule has 1 fully saturated rings. The smallest absolute Gasteiger partial charge is 0.0782 e. The Morgan fingerprint density at radius 2 is 2.18 bits per heavy atom. The standard InChI is InChI=1S/C14H20BrNO/c1-3-16(9-11-4-5-11)14-7-6-12(15)8-13(14)10(2)17/h6-8,10-11,17H,3-5,9H2,1-2H3. The van der Waals surface area contributed by atoms with Crippen LogP contribution in [-0.2, 0) is 0 Å². The topological polar surface area (TPSA) is 23.5 Å². The molecule has 17 heavy (non-hydrogen) atoms. The Balaban J connectivity index is 2.27. The van der Waals surface area contributed by atoms with Gasteiger partial charge in [-0.25, -0.2) is 0 Å². The van der Waals surface area contributed by atoms with E-state index in [4.69, 9.17) is 0 Å². The summed E-state index contributed by atoms with van der Waals surface area (Å²) in [6, 6.07) is 6.18. The van der Waals surface area contributed by atoms with Crippen molar-refractivity contribution >= 4 is 21.6 Å². The summed E-state index contributed by atoms with van der Waals surface area (Å²) in [6.07, 6.45) is 2.30. The molecule has 0 radical (unpaired) electrons. The number of nitrogens with zero attached hydrogens (tertiary/aromatic N) is 1. The zero-order chi connectivity index (χ0) is 12.4. The van der Waals surface area contributed by atoms with Crippen LogP contribution in [0.1, 0.15) is 38.4 Å². The average molecular weight is 298 g/mol. The predicted octanol–water partition coefficient (Wildman–Crippen LogP) is 3.74. The van der Waals surface area contributed by atoms with E-state index >= 15 is 0 Å². The van der Waals surface area contributed by atoms with Gasteiger partial charge >= 0.3 is 0 Å². The molecule has 1 aromatic rings. The molecule has 0 amide bonds. The quantitative estimate of drug-likeness (QED) is 0.895. The number of halogens is 1. The maximum atomic E-state index is 9.88. The van der Waals surface area contributed by atoms with E-state index in [1.807, 2.05) is 13.0 Å². The second kappa shape index (κ2) is 5.40. The largest absolute Gasteiger partial charge is 0.389 e. The molecule has 0 heterocycles. The van der Waals surface area contributed by atoms with Crippen molar-refractivity contribution in [2.45, 2.75) is 32.8 Å². The van der Waals surface area contributed by atoms with E-state index in [0.29, 0.717) is 0 Å². The second-order valence-electron chi connectivity index (χ2n) is 4.86. The summed E-state index contributed by atoms with van der Waals surface area (Å²) in [5.74, 6) is 0.862. The maximum Gasteiger partial charge on any atom is 0.0782 e. The molecule has 2 nitrogen and oxygen atoms in total. The van der Waals surface area contributed by atoms with Gasteiger partial charge in [0.1, 0.15) is 0 Å². The molecule has 1 aromatic carbocycles. The third-order valence-corrected chi connectivity index (χ3v) is 3.83. The van der Waals surface area contributed by atoms with Gasteiger partial charge in [-0.05, 0) is 50.8 Å². The van der Waals surface area contributed by atoms with E-state index in [1.165, 1.54) is 18.5 Å². The summed E-state index contributed by atoms with van der Waals surface area (Å²) in [4.78, 5) is 2.38. The Hall–Kier alpha value is -0.540. The SMILES string of the molecule is CCN(CC1CC1)c1ccc(Br)cc1C(C)O. The molecule has 1 aliphatic rings. The van der Waals surface area contributed by atoms with Gasteiger partial charge < -0.3 is 10.0 Å². The summed E-state index contributed by atoms with van der Waals surface area (Å²) in [6.45, 7) is 6.13. The molecule has 2 rings (SSSR count). The highest BCUT2D eigenvalue weighted by Crippen LogP contribution is 2.34. The minimum Gasteiger partial charge on any atom is -0.389 e. The summed E-state index contributed by atoms with van der Waals surface area (Å²) >= 11 is 3.47. The van der Waals surface area contributed by atoms with Crippen LogP contribution in [0.2, 0.25) is 0 Å². The van der Waals surface area contributed by atoms with Gasteiger partial charge in [-0.2, -0.15) is 0 Å². The molecular formula is C14H20BrNO. The van der Waals surface area contributed by atoms with E-state index in [9.17, 15) is 5.11 Å². The highest BCUT2D eigenvalue weighted by atomic mass is 79.9. The third kappa shape index (κ3) is 3.23. The molecule has 0 bridgehead atoms. The van der Waals surface area contributed by atoms with Crippen LogP contribution in [0, 0.1) is 5.92 Å². The number of hydrogen-bond donors (Lipinski definition) is 1. The van der Waals surface area contributed by atoms with Crippen molar-refractivity contribution in [1.29, 1.82) is 0 Å². The molecule has 0 spiro atoms. The molecule has 1 atom stereocenters. The molecule has 1 aliphatic carbocycles. The maximum absolute atomic E-state index is 9.88. The van der Waals surface area contributed by atoms with Crippen LogP contribution in [0.4, 0.5) is 5.69 Å². The van der Waals surface area contributed by atoms with Crippen LogP contribution in [0.5, 0.6) is 0 Å². The van der Waals surface area contributed by atoms with E-state index in [-0.39, 0.29) is 0 Å². The number of aliphatic hydroxyl groups excluding tert-OH is 1. The number of rotatable bonds is 5. The lowest BCUT2D eigenvalue weighted by Crippen LogP contribution is -2.26. The normalized spacial score (nSPS) is 16.9. The zero-order valence-electron chi connectivity index (χ0n) is 10.5. The summed E-state index contributed by atoms with van der Waals surface area (Å²) in [5, 5.41) is 9.88. The van der Waals surface area contributed by atoms with Crippen molar-refractivity contribution < 1.29 is 5.11 Å². The number of hydrogen-bond acceptors (Lipinski definition) is 2. The van der Waals surface area contributed by atoms with Gasteiger partial charge in [-0.3, -0.25) is 0 Å². The summed E-state index contributed by atoms with van der Waals surface area (Å²) < 4.78 is 1.03. The van der Waals surface area contributed by atoms with Gasteiger partial charge in [-0.1, -0.05) is 15.9 Å². The molecule has 1 N–H and O–H groups in total. The van der Waals surface area contributed by atoms with Crippen molar-refractivity contribution in [3.05, 3.63) is 28.2 Å². The lowest BCUT2D eigenvalue weighted by atomic mass is 10.1. The molecule has 94 valence electrons. The van der Waals surface area contributed by atoms with E-state index < -0.39 is 6.10 Å². The Bertz CT molecular complexity index is 388. The summed E-state index contributed by atoms with van der Waals surface area (Å²) in [7, 11) is 0. The summed E-state index contributed by atoms with van der Waals surface area (Å²) in [5.41, 5.74) is 2.19. The van der Waals surface area contributed by atoms with E-state index in [2.05, 4.69) is 39.9 Å². The van der Waals surface area contributed by atoms with Crippen LogP contribution in [0.3, 0.4) is 0 Å². The highest BCUT2D eigenvalue weighted by molar-refractivity contribution is 9.10. The molecule has 3 heteroatoms. The first-order chi connectivity index (χ1) is 8.11. The van der Waals surface area contributed by atoms with E-state index in [0.717, 1.165) is 29.0 Å². The van der Waals surface area contributed by atoms with Gasteiger partial charge in [0.25, 0.3) is 0 Å². The van der Waals surface area contributed by atoms with E-state index in [1.54, 1.807) is 0 Å². The number of benzene rings is 1. The van der Waals surface area contributed by atoms with Crippen LogP contribution in [0.25, 0.3) is 0 Å². The molecule has 0 aromatic heterocycles. The van der Waals surface area contributed by atoms with Crippen LogP contribution in [-0.4, -0.2) is 18.2 Å². The average Bonchev–Trinajstić information content (AvgIpc) is 3.10. The molecule has 0 aliphatic heterocycles. The minimum absolute atomic E-state index is 0.421. The van der Waals surface area contributed by atoms with Gasteiger partial charge in [0.15, 0.2) is 0 Å². The van der Waals surface area contributed by atoms with Gasteiger partial charge in [0.2, 0.25) is 0 Å². The molecule has 1 unspecified atom stereocenters. The Morgan fingerprint density at radius 3 is 2.71 bits per heavy atom. The van der Waals surface area contributed by atoms with Crippen LogP contribution in [0.15, 0.2) is 22.7 Å². The van der Waals surface area contributed by atoms with Crippen molar-refractivity contribution in [2.24, 2.45) is 5.92 Å². The van der Waals surface area contributed by atoms with Crippen molar-refractivity contribution in [1.82, 2.24) is 0 Å². The van der Waals surface area contributed by atoms with Crippen molar-refractivity contribution in [2.75, 3.05) is 18.0 Å². The van der Waals surface area contributed by atoms with Gasteiger partial charge in [0, 0.05) is 28.8 Å². The molecular weight excluding hydrogens is 278 g/mol. The fourth-order valence-corrected chi connectivity index (χ4v) is 2.54. The predicted molar refractivity (Wildman–Crippen MR) is 75.4 cm³/mol. The first kappa shape index (κ1) is 12.9. The van der Waals surface area contributed by atoms with Crippen molar-refractivity contribution in [3.8, 4) is 0 Å². The van der Waals surface area contributed by atoms with Crippen molar-refractivity contribution in [3.63, 3.8) is 0 Å². The lowest BCUT2D eigenvalue weighted by Gasteiger charge is -2.27. The lowest BCUT2D eigenvalue weighted by molar-refractivity contribution is 0.199. The fourth-order valence-electron chi connectivity index (χ4n) is 2.16. The fraction of sp³-hybridized carbons (Fsp3) is 0.571. The zero-order valence-corrected chi connectivity index (χ0v) is 12.1. The van der Waals surface area contributed by atoms with Gasteiger partial charge in [0.05, 0.1) is 6.10 Å². The van der Waals surface area contributed by atoms with Gasteiger partial charge in [-0.15, -0.1) is 0 Å². The molecule has 1 saturated carbocycles. The Kier molecular flexibility index (Phi) is 4.10. The Morgan fingerprint density at radius 1 is 1.47 bits per heavy atom. The second-order valence-corrected chi connectivity index (χ2v) is 5.78. The number of aliphatic hydroxyl groups is 1. The Labute approximate surface area is 112 Å². The minimum atomic E-state index is -0.421. The highest BCUT2D eigenvalue weighted by Gasteiger charge is 2.25. The number of anilines is 1. The van der Waals surface area contributed by atoms with Crippen LogP contribution < -0.4 is 4.90 Å². The monoisotopic (exact) mass is 297 g/mol. The molecule has 0 saturated heterocycles. The first-order valence-corrected chi connectivity index (χ1v) is 7.13. The third-order valence-electron chi connectivity index (χ3n) is 3.34.